The molecule has 1 aromatic heterocycles. The van der Waals surface area contributed by atoms with Crippen LogP contribution in [-0.2, 0) is 0 Å². The van der Waals surface area contributed by atoms with Crippen LogP contribution in [0, 0.1) is 0 Å². The van der Waals surface area contributed by atoms with E-state index in [1.165, 1.54) is 11.1 Å². The zero-order valence-electron chi connectivity index (χ0n) is 12.6. The lowest BCUT2D eigenvalue weighted by molar-refractivity contribution is 0.0365. The number of rotatable bonds is 5. The van der Waals surface area contributed by atoms with Gasteiger partial charge < -0.3 is 15.4 Å². The van der Waals surface area contributed by atoms with Crippen LogP contribution < -0.4 is 11.3 Å². The lowest BCUT2D eigenvalue weighted by Gasteiger charge is -2.26. The number of nitrogens with two attached hydrogens (primary N) is 1. The summed E-state index contributed by atoms with van der Waals surface area (Å²) in [5.74, 6) is 5.75. The third kappa shape index (κ3) is 4.14. The summed E-state index contributed by atoms with van der Waals surface area (Å²) in [6.45, 7) is 7.35. The molecule has 1 aromatic rings. The highest BCUT2D eigenvalue weighted by Gasteiger charge is 2.24. The maximum Gasteiger partial charge on any atom is 0.274 e. The van der Waals surface area contributed by atoms with E-state index in [1.54, 1.807) is 20.9 Å². The fraction of sp³-hybridized carbons (Fsp3) is 0.615. The number of aliphatic hydroxyl groups is 1. The van der Waals surface area contributed by atoms with Gasteiger partial charge in [0.15, 0.2) is 5.69 Å². The Labute approximate surface area is 119 Å². The second-order valence-electron chi connectivity index (χ2n) is 5.76. The van der Waals surface area contributed by atoms with Crippen LogP contribution >= 0.6 is 0 Å². The minimum atomic E-state index is -0.978. The standard InChI is InChI=1S/C13H23N5O2/c1-8(2)11-15-6-9(17-14)10(16-11)12(19)18(5)7-13(3,4)20/h6,8,17,20H,7,14H2,1-5H3. The number of likely N-dealkylation sites (N-methyl/N-ethyl adjacent to an activating group) is 1. The topological polar surface area (TPSA) is 104 Å². The molecule has 0 atom stereocenters. The van der Waals surface area contributed by atoms with Crippen molar-refractivity contribution in [3.8, 4) is 0 Å². The lowest BCUT2D eigenvalue weighted by atomic mass is 10.1. The molecule has 0 saturated heterocycles. The molecule has 0 radical (unpaired) electrons. The third-order valence-corrected chi connectivity index (χ3v) is 2.65. The van der Waals surface area contributed by atoms with E-state index in [2.05, 4.69) is 15.4 Å². The maximum absolute atomic E-state index is 12.4. The van der Waals surface area contributed by atoms with E-state index >= 15 is 0 Å². The third-order valence-electron chi connectivity index (χ3n) is 2.65. The minimum Gasteiger partial charge on any atom is -0.389 e. The number of hydrogen-bond donors (Lipinski definition) is 3. The molecule has 1 amide bonds. The summed E-state index contributed by atoms with van der Waals surface area (Å²) in [6.07, 6.45) is 1.49. The van der Waals surface area contributed by atoms with Crippen molar-refractivity contribution in [1.82, 2.24) is 14.9 Å². The molecule has 0 unspecified atom stereocenters. The van der Waals surface area contributed by atoms with Crippen molar-refractivity contribution in [1.29, 1.82) is 0 Å². The van der Waals surface area contributed by atoms with Crippen molar-refractivity contribution in [2.75, 3.05) is 19.0 Å². The monoisotopic (exact) mass is 281 g/mol. The number of aromatic nitrogens is 2. The Morgan fingerprint density at radius 3 is 2.60 bits per heavy atom. The average Bonchev–Trinajstić information content (AvgIpc) is 2.34. The van der Waals surface area contributed by atoms with Crippen LogP contribution in [0.5, 0.6) is 0 Å². The number of amides is 1. The van der Waals surface area contributed by atoms with Crippen molar-refractivity contribution < 1.29 is 9.90 Å². The summed E-state index contributed by atoms with van der Waals surface area (Å²) in [7, 11) is 1.61. The van der Waals surface area contributed by atoms with Gasteiger partial charge in [0.2, 0.25) is 0 Å². The summed E-state index contributed by atoms with van der Waals surface area (Å²) in [5, 5.41) is 9.79. The molecule has 0 bridgehead atoms. The number of hydrogen-bond acceptors (Lipinski definition) is 6. The molecule has 4 N–H and O–H groups in total. The molecule has 0 saturated carbocycles. The molecule has 7 heteroatoms. The Morgan fingerprint density at radius 1 is 1.55 bits per heavy atom. The Morgan fingerprint density at radius 2 is 2.15 bits per heavy atom. The van der Waals surface area contributed by atoms with Gasteiger partial charge in [-0.1, -0.05) is 13.8 Å². The molecule has 0 spiro atoms. The second-order valence-corrected chi connectivity index (χ2v) is 5.76. The Kier molecular flexibility index (Phi) is 5.02. The van der Waals surface area contributed by atoms with Gasteiger partial charge in [0, 0.05) is 19.5 Å². The fourth-order valence-electron chi connectivity index (χ4n) is 1.78. The number of nitrogens with one attached hydrogen (secondary N) is 1. The van der Waals surface area contributed by atoms with Gasteiger partial charge in [-0.25, -0.2) is 9.97 Å². The quantitative estimate of drug-likeness (QED) is 0.543. The van der Waals surface area contributed by atoms with E-state index < -0.39 is 5.60 Å². The van der Waals surface area contributed by atoms with Crippen LogP contribution in [0.3, 0.4) is 0 Å². The first-order chi connectivity index (χ1) is 9.15. The Bertz CT molecular complexity index is 482. The second kappa shape index (κ2) is 6.15. The molecular formula is C13H23N5O2. The van der Waals surface area contributed by atoms with Gasteiger partial charge in [-0.2, -0.15) is 0 Å². The Hall–Kier alpha value is -1.73. The molecule has 20 heavy (non-hydrogen) atoms. The van der Waals surface area contributed by atoms with Gasteiger partial charge in [-0.15, -0.1) is 0 Å². The summed E-state index contributed by atoms with van der Waals surface area (Å²) >= 11 is 0. The van der Waals surface area contributed by atoms with Crippen LogP contribution in [0.1, 0.15) is 49.9 Å². The fourth-order valence-corrected chi connectivity index (χ4v) is 1.78. The number of anilines is 1. The highest BCUT2D eigenvalue weighted by Crippen LogP contribution is 2.17. The summed E-state index contributed by atoms with van der Waals surface area (Å²) < 4.78 is 0. The van der Waals surface area contributed by atoms with Gasteiger partial charge in [0.25, 0.3) is 5.91 Å². The van der Waals surface area contributed by atoms with E-state index in [0.29, 0.717) is 11.5 Å². The number of nitrogens with zero attached hydrogens (tertiary/aromatic N) is 3. The summed E-state index contributed by atoms with van der Waals surface area (Å²) in [4.78, 5) is 22.2. The molecule has 7 nitrogen and oxygen atoms in total. The van der Waals surface area contributed by atoms with Gasteiger partial charge in [-0.3, -0.25) is 10.6 Å². The molecule has 0 aliphatic rings. The Balaban J connectivity index is 3.10. The molecule has 1 rings (SSSR count). The lowest BCUT2D eigenvalue weighted by Crippen LogP contribution is -2.40. The number of nitrogen functional groups attached to an aromatic ring is 1. The van der Waals surface area contributed by atoms with Crippen molar-refractivity contribution >= 4 is 11.6 Å². The van der Waals surface area contributed by atoms with Crippen molar-refractivity contribution in [2.24, 2.45) is 5.84 Å². The SMILES string of the molecule is CC(C)c1ncc(NN)c(C(=O)N(C)CC(C)(C)O)n1. The van der Waals surface area contributed by atoms with E-state index in [0.717, 1.165) is 0 Å². The van der Waals surface area contributed by atoms with E-state index in [4.69, 9.17) is 5.84 Å². The van der Waals surface area contributed by atoms with E-state index in [9.17, 15) is 9.90 Å². The number of hydrazine groups is 1. The average molecular weight is 281 g/mol. The first-order valence-electron chi connectivity index (χ1n) is 6.47. The molecule has 0 fully saturated rings. The minimum absolute atomic E-state index is 0.105. The predicted molar refractivity (Wildman–Crippen MR) is 77.2 cm³/mol. The van der Waals surface area contributed by atoms with Crippen LogP contribution in [-0.4, -0.2) is 45.1 Å². The summed E-state index contributed by atoms with van der Waals surface area (Å²) in [6, 6.07) is 0. The van der Waals surface area contributed by atoms with E-state index in [-0.39, 0.29) is 24.1 Å². The highest BCUT2D eigenvalue weighted by atomic mass is 16.3. The van der Waals surface area contributed by atoms with Gasteiger partial charge >= 0.3 is 0 Å². The summed E-state index contributed by atoms with van der Waals surface area (Å²) in [5.41, 5.74) is 2.02. The number of carbonyl (C=O) groups is 1. The molecule has 0 aliphatic heterocycles. The zero-order valence-corrected chi connectivity index (χ0v) is 12.6. The highest BCUT2D eigenvalue weighted by molar-refractivity contribution is 5.97. The van der Waals surface area contributed by atoms with Crippen LogP contribution in [0.25, 0.3) is 0 Å². The van der Waals surface area contributed by atoms with Gasteiger partial charge in [0.05, 0.1) is 17.5 Å². The van der Waals surface area contributed by atoms with Crippen LogP contribution in [0.15, 0.2) is 6.20 Å². The molecule has 1 heterocycles. The smallest absolute Gasteiger partial charge is 0.274 e. The van der Waals surface area contributed by atoms with Crippen LogP contribution in [0.4, 0.5) is 5.69 Å². The first kappa shape index (κ1) is 16.3. The van der Waals surface area contributed by atoms with E-state index in [1.807, 2.05) is 13.8 Å². The van der Waals surface area contributed by atoms with Crippen molar-refractivity contribution in [3.63, 3.8) is 0 Å². The normalized spacial score (nSPS) is 11.6. The largest absolute Gasteiger partial charge is 0.389 e. The molecule has 0 aromatic carbocycles. The first-order valence-corrected chi connectivity index (χ1v) is 6.47. The molecule has 112 valence electrons. The molecule has 0 aliphatic carbocycles. The number of carbonyl (C=O) groups excluding carboxylic acids is 1. The maximum atomic E-state index is 12.4. The van der Waals surface area contributed by atoms with Crippen molar-refractivity contribution in [3.05, 3.63) is 17.7 Å². The van der Waals surface area contributed by atoms with Crippen molar-refractivity contribution in [2.45, 2.75) is 39.2 Å². The zero-order chi connectivity index (χ0) is 15.5. The molecular weight excluding hydrogens is 258 g/mol. The van der Waals surface area contributed by atoms with Gasteiger partial charge in [-0.05, 0) is 13.8 Å². The van der Waals surface area contributed by atoms with Gasteiger partial charge in [0.1, 0.15) is 5.82 Å². The predicted octanol–water partition coefficient (Wildman–Crippen LogP) is 0.728. The van der Waals surface area contributed by atoms with Crippen LogP contribution in [0.2, 0.25) is 0 Å².